The summed E-state index contributed by atoms with van der Waals surface area (Å²) in [5, 5.41) is 4.55. The number of benzene rings is 2. The summed E-state index contributed by atoms with van der Waals surface area (Å²) in [5.41, 5.74) is 6.47. The zero-order chi connectivity index (χ0) is 27.1. The first-order valence-corrected chi connectivity index (χ1v) is 13.3. The average molecular weight is 516 g/mol. The smallest absolute Gasteiger partial charge is 0.278 e. The molecular formula is C30H37N5O3. The van der Waals surface area contributed by atoms with Crippen molar-refractivity contribution in [2.75, 3.05) is 44.9 Å². The molecule has 2 aromatic carbocycles. The van der Waals surface area contributed by atoms with Gasteiger partial charge in [-0.05, 0) is 51.0 Å². The maximum absolute atomic E-state index is 13.5. The molecule has 0 saturated carbocycles. The van der Waals surface area contributed by atoms with E-state index in [2.05, 4.69) is 36.0 Å². The lowest BCUT2D eigenvalue weighted by molar-refractivity contribution is 0.0741. The van der Waals surface area contributed by atoms with E-state index in [1.807, 2.05) is 50.2 Å². The third-order valence-electron chi connectivity index (χ3n) is 6.60. The number of nitrogens with zero attached hydrogens (tertiary/aromatic N) is 5. The first-order valence-electron chi connectivity index (χ1n) is 13.3. The Hall–Kier alpha value is -3.62. The summed E-state index contributed by atoms with van der Waals surface area (Å²) in [6.07, 6.45) is 1.49. The van der Waals surface area contributed by atoms with Crippen LogP contribution in [0, 0.1) is 6.92 Å². The number of rotatable bonds is 12. The van der Waals surface area contributed by atoms with E-state index in [-0.39, 0.29) is 5.56 Å². The Bertz CT molecular complexity index is 1380. The number of methoxy groups -OCH3 is 1. The van der Waals surface area contributed by atoms with Crippen LogP contribution in [0.4, 0.5) is 11.4 Å². The molecule has 0 saturated heterocycles. The molecule has 0 atom stereocenters. The fourth-order valence-corrected chi connectivity index (χ4v) is 4.56. The van der Waals surface area contributed by atoms with Gasteiger partial charge in [-0.15, -0.1) is 0 Å². The molecule has 2 heterocycles. The van der Waals surface area contributed by atoms with Gasteiger partial charge in [-0.3, -0.25) is 4.79 Å². The summed E-state index contributed by atoms with van der Waals surface area (Å²) >= 11 is 0. The first-order chi connectivity index (χ1) is 18.5. The standard InChI is InChI=1S/C30H37N5O3/c1-6-11-25-28(23-12-9-8-10-13-23)32-29-27(22(4)33-35(29)30(25)36)31-26-15-14-24(20-21(26)3)34(7-2)16-17-38-19-18-37-5/h8-10,12-15,20H,6-7,11,16-19H2,1-5H3. The van der Waals surface area contributed by atoms with Crippen molar-refractivity contribution in [3.63, 3.8) is 0 Å². The van der Waals surface area contributed by atoms with Gasteiger partial charge in [0.2, 0.25) is 0 Å². The quantitative estimate of drug-likeness (QED) is 0.317. The van der Waals surface area contributed by atoms with E-state index in [1.54, 1.807) is 7.11 Å². The van der Waals surface area contributed by atoms with Crippen molar-refractivity contribution in [1.29, 1.82) is 0 Å². The normalized spacial score (nSPS) is 13.6. The van der Waals surface area contributed by atoms with Crippen LogP contribution >= 0.6 is 0 Å². The Morgan fingerprint density at radius 1 is 1.03 bits per heavy atom. The summed E-state index contributed by atoms with van der Waals surface area (Å²) in [6, 6.07) is 16.1. The van der Waals surface area contributed by atoms with Gasteiger partial charge >= 0.3 is 0 Å². The maximum Gasteiger partial charge on any atom is 0.278 e. The molecule has 1 aromatic heterocycles. The van der Waals surface area contributed by atoms with Gasteiger partial charge in [-0.1, -0.05) is 43.7 Å². The van der Waals surface area contributed by atoms with Gasteiger partial charge in [0.25, 0.3) is 5.56 Å². The lowest BCUT2D eigenvalue weighted by atomic mass is 10.0. The lowest BCUT2D eigenvalue weighted by Crippen LogP contribution is -2.27. The highest BCUT2D eigenvalue weighted by molar-refractivity contribution is 6.48. The number of hydrogen-bond donors (Lipinski definition) is 0. The highest BCUT2D eigenvalue weighted by Crippen LogP contribution is 2.28. The van der Waals surface area contributed by atoms with Gasteiger partial charge in [0.15, 0.2) is 5.82 Å². The zero-order valence-electron chi connectivity index (χ0n) is 23.0. The summed E-state index contributed by atoms with van der Waals surface area (Å²) in [7, 11) is 1.67. The minimum atomic E-state index is -0.126. The second-order valence-electron chi connectivity index (χ2n) is 9.30. The van der Waals surface area contributed by atoms with Crippen LogP contribution in [0.1, 0.15) is 44.1 Å². The molecule has 1 aliphatic heterocycles. The van der Waals surface area contributed by atoms with E-state index in [1.165, 1.54) is 4.68 Å². The van der Waals surface area contributed by atoms with Crippen LogP contribution in [-0.2, 0) is 15.9 Å². The van der Waals surface area contributed by atoms with Crippen LogP contribution in [0.15, 0.2) is 63.4 Å². The molecule has 4 rings (SSSR count). The number of hydrogen-bond acceptors (Lipinski definition) is 7. The van der Waals surface area contributed by atoms with Gasteiger partial charge in [-0.2, -0.15) is 9.78 Å². The van der Waals surface area contributed by atoms with Gasteiger partial charge in [-0.25, -0.2) is 9.98 Å². The zero-order valence-corrected chi connectivity index (χ0v) is 23.0. The number of ether oxygens (including phenoxy) is 2. The first kappa shape index (κ1) is 27.4. The molecule has 3 aromatic rings. The van der Waals surface area contributed by atoms with E-state index >= 15 is 0 Å². The molecule has 38 heavy (non-hydrogen) atoms. The van der Waals surface area contributed by atoms with Crippen molar-refractivity contribution in [1.82, 2.24) is 9.66 Å². The molecule has 8 nitrogen and oxygen atoms in total. The predicted molar refractivity (Wildman–Crippen MR) is 154 cm³/mol. The Kier molecular flexibility index (Phi) is 9.20. The molecule has 1 aliphatic rings. The van der Waals surface area contributed by atoms with E-state index in [9.17, 15) is 4.79 Å². The predicted octanol–water partition coefficient (Wildman–Crippen LogP) is 5.02. The van der Waals surface area contributed by atoms with Crippen molar-refractivity contribution < 1.29 is 9.47 Å². The van der Waals surface area contributed by atoms with Crippen molar-refractivity contribution in [3.8, 4) is 11.3 Å². The molecular weight excluding hydrogens is 478 g/mol. The summed E-state index contributed by atoms with van der Waals surface area (Å²) in [6.45, 7) is 11.6. The number of anilines is 1. The Morgan fingerprint density at radius 2 is 1.82 bits per heavy atom. The molecule has 0 spiro atoms. The second kappa shape index (κ2) is 12.8. The Labute approximate surface area is 224 Å². The number of likely N-dealkylation sites (N-methyl/N-ethyl adjacent to an activating group) is 1. The number of fused-ring (bicyclic) bond motifs is 1. The van der Waals surface area contributed by atoms with E-state index < -0.39 is 0 Å². The monoisotopic (exact) mass is 515 g/mol. The molecule has 0 amide bonds. The molecule has 0 fully saturated rings. The average Bonchev–Trinajstić information content (AvgIpc) is 3.24. The van der Waals surface area contributed by atoms with Crippen LogP contribution in [0.2, 0.25) is 0 Å². The fourth-order valence-electron chi connectivity index (χ4n) is 4.56. The Morgan fingerprint density at radius 3 is 2.50 bits per heavy atom. The van der Waals surface area contributed by atoms with Crippen molar-refractivity contribution in [3.05, 3.63) is 75.8 Å². The lowest BCUT2D eigenvalue weighted by Gasteiger charge is -2.23. The van der Waals surface area contributed by atoms with Gasteiger partial charge in [0, 0.05) is 37.0 Å². The molecule has 0 aliphatic carbocycles. The molecule has 200 valence electrons. The molecule has 0 N–H and O–H groups in total. The third kappa shape index (κ3) is 5.92. The van der Waals surface area contributed by atoms with Crippen LogP contribution in [0.3, 0.4) is 0 Å². The highest BCUT2D eigenvalue weighted by Gasteiger charge is 2.27. The van der Waals surface area contributed by atoms with Crippen LogP contribution in [0.25, 0.3) is 11.3 Å². The van der Waals surface area contributed by atoms with E-state index in [4.69, 9.17) is 19.5 Å². The topological polar surface area (TPSA) is 81.3 Å². The fraction of sp³-hybridized carbons (Fsp3) is 0.400. The largest absolute Gasteiger partial charge is 0.382 e. The summed E-state index contributed by atoms with van der Waals surface area (Å²) in [4.78, 5) is 25.7. The van der Waals surface area contributed by atoms with Crippen molar-refractivity contribution >= 4 is 22.8 Å². The number of aryl methyl sites for hydroxylation is 1. The molecule has 0 unspecified atom stereocenters. The van der Waals surface area contributed by atoms with Crippen LogP contribution < -0.4 is 10.5 Å². The maximum atomic E-state index is 13.5. The third-order valence-corrected chi connectivity index (χ3v) is 6.60. The summed E-state index contributed by atoms with van der Waals surface area (Å²) < 4.78 is 12.1. The molecule has 0 radical (unpaired) electrons. The van der Waals surface area contributed by atoms with Gasteiger partial charge < -0.3 is 14.4 Å². The number of aromatic nitrogens is 2. The molecule has 0 bridgehead atoms. The SMILES string of the molecule is CCCc1c(-c2ccccc2)nc2n(c1=O)N=C(C)C2=Nc1ccc(N(CC)CCOCCOC)cc1C. The van der Waals surface area contributed by atoms with E-state index in [0.29, 0.717) is 54.7 Å². The van der Waals surface area contributed by atoms with Crippen molar-refractivity contribution in [2.45, 2.75) is 40.5 Å². The van der Waals surface area contributed by atoms with Gasteiger partial charge in [0.05, 0.1) is 36.9 Å². The van der Waals surface area contributed by atoms with Crippen LogP contribution in [-0.4, -0.2) is 61.1 Å². The summed E-state index contributed by atoms with van der Waals surface area (Å²) in [5.74, 6) is 0.484. The van der Waals surface area contributed by atoms with Crippen LogP contribution in [0.5, 0.6) is 0 Å². The second-order valence-corrected chi connectivity index (χ2v) is 9.30. The Balaban J connectivity index is 1.67. The number of aliphatic imine (C=N–C) groups is 1. The highest BCUT2D eigenvalue weighted by atomic mass is 16.5. The van der Waals surface area contributed by atoms with E-state index in [0.717, 1.165) is 42.0 Å². The molecule has 8 heteroatoms. The minimum Gasteiger partial charge on any atom is -0.382 e. The van der Waals surface area contributed by atoms with Crippen molar-refractivity contribution in [2.24, 2.45) is 10.1 Å². The van der Waals surface area contributed by atoms with Gasteiger partial charge in [0.1, 0.15) is 5.71 Å². The minimum absolute atomic E-state index is 0.126.